The first-order chi connectivity index (χ1) is 15.5. The summed E-state index contributed by atoms with van der Waals surface area (Å²) >= 11 is 2.64. The number of hydrogen-bond donors (Lipinski definition) is 4. The number of amides is 3. The number of fused-ring (bicyclic) bond motifs is 1. The fraction of sp³-hybridized carbons (Fsp3) is 0.450. The second-order valence-electron chi connectivity index (χ2n) is 7.94. The summed E-state index contributed by atoms with van der Waals surface area (Å²) in [5.74, 6) is -1.45. The molecule has 2 atom stereocenters. The van der Waals surface area contributed by atoms with Crippen molar-refractivity contribution in [2.75, 3.05) is 18.1 Å². The van der Waals surface area contributed by atoms with Crippen molar-refractivity contribution >= 4 is 47.2 Å². The van der Waals surface area contributed by atoms with E-state index in [-0.39, 0.29) is 60.2 Å². The van der Waals surface area contributed by atoms with E-state index in [4.69, 9.17) is 0 Å². The molecule has 1 aliphatic carbocycles. The van der Waals surface area contributed by atoms with E-state index in [1.165, 1.54) is 28.4 Å². The zero-order chi connectivity index (χ0) is 22.4. The van der Waals surface area contributed by atoms with Gasteiger partial charge < -0.3 is 22.2 Å². The summed E-state index contributed by atoms with van der Waals surface area (Å²) in [6, 6.07) is -0.771. The Bertz CT molecular complexity index is 1080. The maximum Gasteiger partial charge on any atom is 1.00 e. The Kier molecular flexibility index (Phi) is 7.29. The number of carbonyl (C=O) groups is 4. The third-order valence-electron chi connectivity index (χ3n) is 5.87. The molecule has 3 amide bonds. The average Bonchev–Trinajstić information content (AvgIpc) is 3.29. The summed E-state index contributed by atoms with van der Waals surface area (Å²) in [4.78, 5) is 58.0. The fourth-order valence-corrected chi connectivity index (χ4v) is 6.33. The number of H-pyrrole nitrogens is 1. The van der Waals surface area contributed by atoms with E-state index >= 15 is 0 Å². The number of β-lactam (4-membered cyclic amide) rings is 1. The van der Waals surface area contributed by atoms with Gasteiger partial charge in [-0.3, -0.25) is 19.3 Å². The van der Waals surface area contributed by atoms with Crippen molar-refractivity contribution < 1.29 is 55.3 Å². The van der Waals surface area contributed by atoms with Gasteiger partial charge in [0.25, 0.3) is 5.91 Å². The minimum atomic E-state index is -1.19. The van der Waals surface area contributed by atoms with E-state index in [1.54, 1.807) is 12.4 Å². The molecule has 3 aliphatic heterocycles. The van der Waals surface area contributed by atoms with Gasteiger partial charge in [0.15, 0.2) is 5.16 Å². The van der Waals surface area contributed by atoms with Crippen molar-refractivity contribution in [2.24, 2.45) is 5.92 Å². The standard InChI is InChI=1S/C20H21N5O5S2.Na.H/c26-12(8-32-20-22-5-6-23-20)24-14-17(28)25-15(19(29)30)11(7-31-18(14)25)13(9-1-2-9)10-3-4-21-16(10)27;;/h5-6,9,14,18H,1-4,7-8H2,(H,21,27)(H,22,23)(H,24,26)(H,29,30);;/q;+1;-1/t14-,18-;;/m1../s1. The summed E-state index contributed by atoms with van der Waals surface area (Å²) in [5.41, 5.74) is 1.97. The Labute approximate surface area is 221 Å². The Morgan fingerprint density at radius 2 is 2.15 bits per heavy atom. The van der Waals surface area contributed by atoms with Gasteiger partial charge >= 0.3 is 35.5 Å². The molecule has 1 saturated carbocycles. The number of carboxylic acids is 1. The van der Waals surface area contributed by atoms with Crippen LogP contribution < -0.4 is 40.2 Å². The number of imidazole rings is 1. The van der Waals surface area contributed by atoms with E-state index < -0.39 is 23.3 Å². The van der Waals surface area contributed by atoms with E-state index in [0.717, 1.165) is 18.4 Å². The second-order valence-corrected chi connectivity index (χ2v) is 10.0. The number of aliphatic carboxylic acids is 1. The topological polar surface area (TPSA) is 144 Å². The predicted molar refractivity (Wildman–Crippen MR) is 117 cm³/mol. The van der Waals surface area contributed by atoms with Crippen LogP contribution in [0.4, 0.5) is 0 Å². The van der Waals surface area contributed by atoms with Crippen LogP contribution in [0.5, 0.6) is 0 Å². The van der Waals surface area contributed by atoms with Gasteiger partial charge in [-0.25, -0.2) is 9.78 Å². The fourth-order valence-electron chi connectivity index (χ4n) is 4.33. The van der Waals surface area contributed by atoms with Crippen LogP contribution in [0.25, 0.3) is 0 Å². The molecule has 170 valence electrons. The first kappa shape index (κ1) is 24.4. The maximum atomic E-state index is 12.9. The molecule has 13 heteroatoms. The summed E-state index contributed by atoms with van der Waals surface area (Å²) in [5, 5.41) is 15.6. The van der Waals surface area contributed by atoms with Gasteiger partial charge in [-0.15, -0.1) is 11.8 Å². The van der Waals surface area contributed by atoms with Crippen molar-refractivity contribution in [3.05, 3.63) is 34.8 Å². The largest absolute Gasteiger partial charge is 1.00 e. The number of aromatic amines is 1. The van der Waals surface area contributed by atoms with Crippen LogP contribution in [0.15, 0.2) is 40.0 Å². The SMILES string of the molecule is O=C(CSc1ncc[nH]1)N[C@@H]1C(=O)N2C(C(=O)O)=C(C(=C3CCNC3=O)C3CC3)CS[C@H]12.[H-].[Na+]. The molecule has 3 fully saturated rings. The molecule has 0 aromatic carbocycles. The molecule has 1 aromatic heterocycles. The molecular formula is C20H22N5NaO5S2. The first-order valence-corrected chi connectivity index (χ1v) is 12.3. The van der Waals surface area contributed by atoms with Crippen molar-refractivity contribution in [1.82, 2.24) is 25.5 Å². The zero-order valence-electron chi connectivity index (χ0n) is 18.9. The van der Waals surface area contributed by atoms with Crippen molar-refractivity contribution in [2.45, 2.75) is 35.8 Å². The van der Waals surface area contributed by atoms with Crippen molar-refractivity contribution in [3.8, 4) is 0 Å². The van der Waals surface area contributed by atoms with Crippen LogP contribution in [-0.2, 0) is 19.2 Å². The number of carbonyl (C=O) groups excluding carboxylic acids is 3. The van der Waals surface area contributed by atoms with Gasteiger partial charge in [-0.1, -0.05) is 11.8 Å². The van der Waals surface area contributed by atoms with Crippen LogP contribution in [0.2, 0.25) is 0 Å². The number of nitrogens with zero attached hydrogens (tertiary/aromatic N) is 2. The molecule has 4 aliphatic rings. The first-order valence-electron chi connectivity index (χ1n) is 10.3. The molecule has 4 heterocycles. The molecular weight excluding hydrogens is 477 g/mol. The summed E-state index contributed by atoms with van der Waals surface area (Å²) in [6.45, 7) is 0.544. The summed E-state index contributed by atoms with van der Waals surface area (Å²) < 4.78 is 0. The maximum absolute atomic E-state index is 12.9. The Hall–Kier alpha value is -1.73. The average molecular weight is 500 g/mol. The number of thioether (sulfide) groups is 2. The van der Waals surface area contributed by atoms with Crippen LogP contribution in [-0.4, -0.2) is 73.1 Å². The summed E-state index contributed by atoms with van der Waals surface area (Å²) in [6.07, 6.45) is 5.64. The second kappa shape index (κ2) is 9.87. The van der Waals surface area contributed by atoms with Gasteiger partial charge in [0.2, 0.25) is 11.8 Å². The van der Waals surface area contributed by atoms with Gasteiger partial charge in [-0.05, 0) is 36.3 Å². The van der Waals surface area contributed by atoms with Crippen molar-refractivity contribution in [3.63, 3.8) is 0 Å². The summed E-state index contributed by atoms with van der Waals surface area (Å²) in [7, 11) is 0. The van der Waals surface area contributed by atoms with E-state index in [0.29, 0.717) is 35.0 Å². The number of hydrogen-bond acceptors (Lipinski definition) is 7. The molecule has 33 heavy (non-hydrogen) atoms. The van der Waals surface area contributed by atoms with Gasteiger partial charge in [-0.2, -0.15) is 0 Å². The molecule has 10 nitrogen and oxygen atoms in total. The third-order valence-corrected chi connectivity index (χ3v) is 8.05. The van der Waals surface area contributed by atoms with Crippen LogP contribution in [0.3, 0.4) is 0 Å². The van der Waals surface area contributed by atoms with Crippen LogP contribution in [0.1, 0.15) is 20.7 Å². The van der Waals surface area contributed by atoms with E-state index in [1.807, 2.05) is 0 Å². The number of rotatable bonds is 7. The molecule has 0 radical (unpaired) electrons. The normalized spacial score (nSPS) is 25.6. The number of nitrogens with one attached hydrogen (secondary N) is 3. The number of carboxylic acid groups (broad SMARTS) is 1. The molecule has 0 spiro atoms. The van der Waals surface area contributed by atoms with E-state index in [9.17, 15) is 24.3 Å². The van der Waals surface area contributed by atoms with E-state index in [2.05, 4.69) is 20.6 Å². The van der Waals surface area contributed by atoms with Crippen molar-refractivity contribution in [1.29, 1.82) is 0 Å². The van der Waals surface area contributed by atoms with Gasteiger partial charge in [0.1, 0.15) is 17.1 Å². The Balaban J connectivity index is 0.00000162. The Morgan fingerprint density at radius 3 is 2.76 bits per heavy atom. The molecule has 4 N–H and O–H groups in total. The number of allylic oxidation sites excluding steroid dienone is 1. The smallest absolute Gasteiger partial charge is 1.00 e. The van der Waals surface area contributed by atoms with Gasteiger partial charge in [0, 0.05) is 30.3 Å². The van der Waals surface area contributed by atoms with Crippen LogP contribution in [0, 0.1) is 5.92 Å². The predicted octanol–water partition coefficient (Wildman–Crippen LogP) is -2.42. The molecule has 1 aromatic rings. The monoisotopic (exact) mass is 499 g/mol. The quantitative estimate of drug-likeness (QED) is 0.141. The molecule has 0 bridgehead atoms. The number of aromatic nitrogens is 2. The Morgan fingerprint density at radius 1 is 1.36 bits per heavy atom. The molecule has 0 unspecified atom stereocenters. The molecule has 2 saturated heterocycles. The third kappa shape index (κ3) is 4.63. The minimum absolute atomic E-state index is 0. The minimum Gasteiger partial charge on any atom is -1.00 e. The van der Waals surface area contributed by atoms with Gasteiger partial charge in [0.05, 0.1) is 5.75 Å². The molecule has 5 rings (SSSR count). The van der Waals surface area contributed by atoms with Crippen LogP contribution >= 0.6 is 23.5 Å². The zero-order valence-corrected chi connectivity index (χ0v) is 21.6.